The lowest BCUT2D eigenvalue weighted by atomic mass is 10.0. The minimum Gasteiger partial charge on any atom is -0.334 e. The van der Waals surface area contributed by atoms with Crippen LogP contribution in [-0.2, 0) is 9.59 Å². The van der Waals surface area contributed by atoms with Gasteiger partial charge in [-0.1, -0.05) is 40.5 Å². The van der Waals surface area contributed by atoms with Crippen molar-refractivity contribution in [1.82, 2.24) is 10.2 Å². The molecule has 19 heavy (non-hydrogen) atoms. The molecule has 0 aromatic carbocycles. The van der Waals surface area contributed by atoms with Crippen LogP contribution >= 0.6 is 0 Å². The Morgan fingerprint density at radius 3 is 2.53 bits per heavy atom. The van der Waals surface area contributed by atoms with Crippen LogP contribution in [0.2, 0.25) is 0 Å². The zero-order valence-corrected chi connectivity index (χ0v) is 12.7. The second-order valence-electron chi connectivity index (χ2n) is 6.10. The molecule has 1 unspecified atom stereocenters. The highest BCUT2D eigenvalue weighted by molar-refractivity contribution is 5.89. The molecule has 0 bridgehead atoms. The molecule has 1 amide bonds. The van der Waals surface area contributed by atoms with Crippen molar-refractivity contribution in [1.29, 1.82) is 0 Å². The summed E-state index contributed by atoms with van der Waals surface area (Å²) in [6.07, 6.45) is 4.10. The fourth-order valence-electron chi connectivity index (χ4n) is 2.37. The standard InChI is InChI=1S/C15H28N2O2/c1-11(2)14(18)10-17-9-7-5-6-8-13(15(17)19)16-12(3)4/h11-13,16H,5-10H2,1-4H3. The average molecular weight is 268 g/mol. The van der Waals surface area contributed by atoms with Gasteiger partial charge in [-0.2, -0.15) is 0 Å². The average Bonchev–Trinajstić information content (AvgIpc) is 2.32. The molecule has 1 saturated heterocycles. The van der Waals surface area contributed by atoms with Gasteiger partial charge in [-0.25, -0.2) is 0 Å². The number of likely N-dealkylation sites (tertiary alicyclic amines) is 1. The Hall–Kier alpha value is -0.900. The van der Waals surface area contributed by atoms with Gasteiger partial charge in [0.1, 0.15) is 0 Å². The quantitative estimate of drug-likeness (QED) is 0.829. The summed E-state index contributed by atoms with van der Waals surface area (Å²) in [5, 5.41) is 3.33. The van der Waals surface area contributed by atoms with Crippen molar-refractivity contribution in [2.45, 2.75) is 65.5 Å². The summed E-state index contributed by atoms with van der Waals surface area (Å²) in [6.45, 7) is 8.87. The Labute approximate surface area is 116 Å². The Balaban J connectivity index is 2.70. The molecule has 1 atom stereocenters. The number of nitrogens with one attached hydrogen (secondary N) is 1. The summed E-state index contributed by atoms with van der Waals surface area (Å²) in [6, 6.07) is 0.163. The zero-order valence-electron chi connectivity index (χ0n) is 12.7. The molecule has 1 heterocycles. The highest BCUT2D eigenvalue weighted by Gasteiger charge is 2.27. The third-order valence-corrected chi connectivity index (χ3v) is 3.56. The summed E-state index contributed by atoms with van der Waals surface area (Å²) in [5.41, 5.74) is 0. The topological polar surface area (TPSA) is 49.4 Å². The molecule has 1 aliphatic rings. The summed E-state index contributed by atoms with van der Waals surface area (Å²) >= 11 is 0. The molecule has 0 saturated carbocycles. The van der Waals surface area contributed by atoms with Crippen LogP contribution < -0.4 is 5.32 Å². The van der Waals surface area contributed by atoms with E-state index in [1.807, 2.05) is 13.8 Å². The van der Waals surface area contributed by atoms with Crippen molar-refractivity contribution in [2.75, 3.05) is 13.1 Å². The first-order valence-corrected chi connectivity index (χ1v) is 7.49. The number of carbonyl (C=O) groups excluding carboxylic acids is 2. The van der Waals surface area contributed by atoms with Gasteiger partial charge in [0.05, 0.1) is 12.6 Å². The number of hydrogen-bond acceptors (Lipinski definition) is 3. The molecular formula is C15H28N2O2. The van der Waals surface area contributed by atoms with E-state index in [2.05, 4.69) is 19.2 Å². The van der Waals surface area contributed by atoms with Gasteiger partial charge in [-0.15, -0.1) is 0 Å². The Bertz CT molecular complexity index is 313. The van der Waals surface area contributed by atoms with Gasteiger partial charge in [0.2, 0.25) is 5.91 Å². The van der Waals surface area contributed by atoms with E-state index >= 15 is 0 Å². The molecule has 1 fully saturated rings. The normalized spacial score (nSPS) is 21.7. The Morgan fingerprint density at radius 2 is 1.95 bits per heavy atom. The van der Waals surface area contributed by atoms with Crippen LogP contribution in [0.15, 0.2) is 0 Å². The molecule has 0 radical (unpaired) electrons. The van der Waals surface area contributed by atoms with Crippen LogP contribution in [0.1, 0.15) is 53.4 Å². The second kappa shape index (κ2) is 7.63. The van der Waals surface area contributed by atoms with E-state index in [9.17, 15) is 9.59 Å². The van der Waals surface area contributed by atoms with Gasteiger partial charge in [0, 0.05) is 18.5 Å². The van der Waals surface area contributed by atoms with Crippen LogP contribution in [0.5, 0.6) is 0 Å². The third kappa shape index (κ3) is 5.31. The number of ketones is 1. The van der Waals surface area contributed by atoms with E-state index in [1.54, 1.807) is 4.90 Å². The lowest BCUT2D eigenvalue weighted by molar-refractivity contribution is -0.138. The molecule has 0 aliphatic carbocycles. The zero-order chi connectivity index (χ0) is 14.4. The van der Waals surface area contributed by atoms with E-state index in [1.165, 1.54) is 0 Å². The first-order chi connectivity index (χ1) is 8.91. The van der Waals surface area contributed by atoms with Crippen LogP contribution in [0, 0.1) is 5.92 Å². The molecular weight excluding hydrogens is 240 g/mol. The van der Waals surface area contributed by atoms with Crippen LogP contribution in [0.3, 0.4) is 0 Å². The molecule has 1 N–H and O–H groups in total. The predicted molar refractivity (Wildman–Crippen MR) is 77.0 cm³/mol. The molecule has 4 heteroatoms. The summed E-state index contributed by atoms with van der Waals surface area (Å²) in [4.78, 5) is 26.1. The molecule has 0 aromatic rings. The Morgan fingerprint density at radius 1 is 1.26 bits per heavy atom. The smallest absolute Gasteiger partial charge is 0.240 e. The van der Waals surface area contributed by atoms with Gasteiger partial charge in [0.25, 0.3) is 0 Å². The van der Waals surface area contributed by atoms with E-state index in [-0.39, 0.29) is 36.2 Å². The number of carbonyl (C=O) groups is 2. The first kappa shape index (κ1) is 16.2. The van der Waals surface area contributed by atoms with Crippen LogP contribution in [0.4, 0.5) is 0 Å². The fourth-order valence-corrected chi connectivity index (χ4v) is 2.37. The van der Waals surface area contributed by atoms with Gasteiger partial charge < -0.3 is 10.2 Å². The van der Waals surface area contributed by atoms with Crippen molar-refractivity contribution in [2.24, 2.45) is 5.92 Å². The molecule has 0 spiro atoms. The van der Waals surface area contributed by atoms with Crippen LogP contribution in [0.25, 0.3) is 0 Å². The van der Waals surface area contributed by atoms with Crippen LogP contribution in [-0.4, -0.2) is 41.8 Å². The highest BCUT2D eigenvalue weighted by atomic mass is 16.2. The number of rotatable bonds is 5. The summed E-state index contributed by atoms with van der Waals surface area (Å²) in [7, 11) is 0. The SMILES string of the molecule is CC(C)NC1CCCCCN(CC(=O)C(C)C)C1=O. The predicted octanol–water partition coefficient (Wildman–Crippen LogP) is 1.98. The highest BCUT2D eigenvalue weighted by Crippen LogP contribution is 2.14. The largest absolute Gasteiger partial charge is 0.334 e. The van der Waals surface area contributed by atoms with Gasteiger partial charge in [-0.3, -0.25) is 9.59 Å². The number of hydrogen-bond donors (Lipinski definition) is 1. The number of amides is 1. The van der Waals surface area contributed by atoms with Crippen molar-refractivity contribution < 1.29 is 9.59 Å². The van der Waals surface area contributed by atoms with Gasteiger partial charge >= 0.3 is 0 Å². The van der Waals surface area contributed by atoms with Crippen molar-refractivity contribution >= 4 is 11.7 Å². The first-order valence-electron chi connectivity index (χ1n) is 7.49. The van der Waals surface area contributed by atoms with Gasteiger partial charge in [0.15, 0.2) is 5.78 Å². The Kier molecular flexibility index (Phi) is 6.49. The van der Waals surface area contributed by atoms with Crippen molar-refractivity contribution in [3.05, 3.63) is 0 Å². The lowest BCUT2D eigenvalue weighted by Crippen LogP contribution is -2.51. The minimum atomic E-state index is -0.125. The van der Waals surface area contributed by atoms with E-state index in [4.69, 9.17) is 0 Å². The number of Topliss-reactive ketones (excluding diaryl/α,β-unsaturated/α-hetero) is 1. The molecule has 110 valence electrons. The monoisotopic (exact) mass is 268 g/mol. The second-order valence-corrected chi connectivity index (χ2v) is 6.10. The summed E-state index contributed by atoms with van der Waals surface area (Å²) in [5.74, 6) is 0.245. The maximum Gasteiger partial charge on any atom is 0.240 e. The van der Waals surface area contributed by atoms with Crippen molar-refractivity contribution in [3.8, 4) is 0 Å². The molecule has 1 rings (SSSR count). The van der Waals surface area contributed by atoms with E-state index in [0.29, 0.717) is 6.54 Å². The molecule has 4 nitrogen and oxygen atoms in total. The number of nitrogens with zero attached hydrogens (tertiary/aromatic N) is 1. The lowest BCUT2D eigenvalue weighted by Gasteiger charge is -2.31. The van der Waals surface area contributed by atoms with Crippen molar-refractivity contribution in [3.63, 3.8) is 0 Å². The molecule has 1 aliphatic heterocycles. The minimum absolute atomic E-state index is 0.00486. The molecule has 0 aromatic heterocycles. The van der Waals surface area contributed by atoms with Gasteiger partial charge in [-0.05, 0) is 12.8 Å². The summed E-state index contributed by atoms with van der Waals surface area (Å²) < 4.78 is 0. The van der Waals surface area contributed by atoms with E-state index in [0.717, 1.165) is 25.7 Å². The maximum absolute atomic E-state index is 12.5. The van der Waals surface area contributed by atoms with E-state index < -0.39 is 0 Å². The third-order valence-electron chi connectivity index (χ3n) is 3.56. The maximum atomic E-state index is 12.5. The fraction of sp³-hybridized carbons (Fsp3) is 0.867.